The molecule has 1 saturated heterocycles. The van der Waals surface area contributed by atoms with Crippen molar-refractivity contribution in [2.75, 3.05) is 4.90 Å². The fourth-order valence-corrected chi connectivity index (χ4v) is 2.82. The van der Waals surface area contributed by atoms with E-state index >= 15 is 0 Å². The smallest absolute Gasteiger partial charge is 0.281 e. The average Bonchev–Trinajstić information content (AvgIpc) is 2.90. The van der Waals surface area contributed by atoms with Gasteiger partial charge in [0.15, 0.2) is 5.11 Å². The second-order valence-electron chi connectivity index (χ2n) is 5.66. The zero-order valence-electron chi connectivity index (χ0n) is 13.9. The molecule has 2 aromatic rings. The standard InChI is InChI=1S/C19H15N3O3S/c1-13-9-11-15(12-10-13)21-18(23)16(20-19(21)26)7-4-6-14-5-2-3-8-17(14)22(24)25/h2-12H,1H3,(H,20,26)/b6-4+,16-7+. The Labute approximate surface area is 155 Å². The highest BCUT2D eigenvalue weighted by atomic mass is 32.1. The highest BCUT2D eigenvalue weighted by molar-refractivity contribution is 7.80. The molecule has 0 unspecified atom stereocenters. The van der Waals surface area contributed by atoms with Crippen LogP contribution in [0.25, 0.3) is 6.08 Å². The van der Waals surface area contributed by atoms with Crippen LogP contribution >= 0.6 is 12.2 Å². The summed E-state index contributed by atoms with van der Waals surface area (Å²) in [6.45, 7) is 1.96. The Bertz CT molecular complexity index is 949. The molecule has 2 aromatic carbocycles. The molecule has 0 bridgehead atoms. The monoisotopic (exact) mass is 365 g/mol. The predicted molar refractivity (Wildman–Crippen MR) is 105 cm³/mol. The van der Waals surface area contributed by atoms with Crippen molar-refractivity contribution in [2.45, 2.75) is 6.92 Å². The van der Waals surface area contributed by atoms with Crippen LogP contribution in [0.2, 0.25) is 0 Å². The van der Waals surface area contributed by atoms with Crippen molar-refractivity contribution in [3.05, 3.63) is 87.6 Å². The van der Waals surface area contributed by atoms with E-state index in [2.05, 4.69) is 5.32 Å². The molecule has 7 heteroatoms. The molecule has 0 atom stereocenters. The van der Waals surface area contributed by atoms with Gasteiger partial charge >= 0.3 is 0 Å². The van der Waals surface area contributed by atoms with Gasteiger partial charge in [-0.25, -0.2) is 0 Å². The van der Waals surface area contributed by atoms with Gasteiger partial charge in [-0.2, -0.15) is 0 Å². The molecular weight excluding hydrogens is 350 g/mol. The van der Waals surface area contributed by atoms with Gasteiger partial charge in [-0.3, -0.25) is 19.8 Å². The topological polar surface area (TPSA) is 75.5 Å². The molecule has 1 N–H and O–H groups in total. The Morgan fingerprint density at radius 1 is 1.15 bits per heavy atom. The zero-order chi connectivity index (χ0) is 18.7. The number of para-hydroxylation sites is 1. The van der Waals surface area contributed by atoms with Crippen LogP contribution < -0.4 is 10.2 Å². The number of nitro benzene ring substituents is 1. The van der Waals surface area contributed by atoms with E-state index in [1.807, 2.05) is 31.2 Å². The van der Waals surface area contributed by atoms with Crippen LogP contribution in [0.1, 0.15) is 11.1 Å². The minimum Gasteiger partial charge on any atom is -0.327 e. The van der Waals surface area contributed by atoms with Crippen LogP contribution in [0, 0.1) is 17.0 Å². The lowest BCUT2D eigenvalue weighted by atomic mass is 10.1. The molecule has 0 aliphatic carbocycles. The van der Waals surface area contributed by atoms with Gasteiger partial charge in [0.1, 0.15) is 5.70 Å². The first kappa shape index (κ1) is 17.5. The molecule has 0 aromatic heterocycles. The zero-order valence-corrected chi connectivity index (χ0v) is 14.7. The molecule has 1 fully saturated rings. The predicted octanol–water partition coefficient (Wildman–Crippen LogP) is 3.72. The van der Waals surface area contributed by atoms with E-state index in [0.29, 0.717) is 22.1 Å². The summed E-state index contributed by atoms with van der Waals surface area (Å²) in [5, 5.41) is 14.2. The number of thiocarbonyl (C=S) groups is 1. The van der Waals surface area contributed by atoms with Crippen molar-refractivity contribution >= 4 is 40.7 Å². The van der Waals surface area contributed by atoms with Gasteiger partial charge in [-0.1, -0.05) is 35.9 Å². The van der Waals surface area contributed by atoms with Gasteiger partial charge < -0.3 is 5.32 Å². The summed E-state index contributed by atoms with van der Waals surface area (Å²) in [6, 6.07) is 13.9. The van der Waals surface area contributed by atoms with Crippen LogP contribution in [0.15, 0.2) is 66.4 Å². The summed E-state index contributed by atoms with van der Waals surface area (Å²) in [5.74, 6) is -0.272. The maximum absolute atomic E-state index is 12.6. The van der Waals surface area contributed by atoms with Crippen LogP contribution in [0.3, 0.4) is 0 Å². The number of aryl methyl sites for hydroxylation is 1. The second-order valence-corrected chi connectivity index (χ2v) is 6.05. The number of nitrogens with zero attached hydrogens (tertiary/aromatic N) is 2. The van der Waals surface area contributed by atoms with Gasteiger partial charge in [0, 0.05) is 6.07 Å². The van der Waals surface area contributed by atoms with E-state index in [9.17, 15) is 14.9 Å². The van der Waals surface area contributed by atoms with Crippen LogP contribution in [0.4, 0.5) is 11.4 Å². The van der Waals surface area contributed by atoms with E-state index in [1.54, 1.807) is 36.4 Å². The van der Waals surface area contributed by atoms with Crippen molar-refractivity contribution < 1.29 is 9.72 Å². The number of anilines is 1. The van der Waals surface area contributed by atoms with Gasteiger partial charge in [-0.05, 0) is 49.5 Å². The number of hydrogen-bond acceptors (Lipinski definition) is 4. The van der Waals surface area contributed by atoms with Crippen molar-refractivity contribution in [1.82, 2.24) is 5.32 Å². The minimum atomic E-state index is -0.444. The average molecular weight is 365 g/mol. The number of hydrogen-bond donors (Lipinski definition) is 1. The lowest BCUT2D eigenvalue weighted by Crippen LogP contribution is -2.30. The summed E-state index contributed by atoms with van der Waals surface area (Å²) in [5.41, 5.74) is 2.54. The lowest BCUT2D eigenvalue weighted by Gasteiger charge is -2.13. The molecule has 1 aliphatic rings. The third-order valence-electron chi connectivity index (χ3n) is 3.84. The number of carbonyl (C=O) groups excluding carboxylic acids is 1. The number of nitro groups is 1. The van der Waals surface area contributed by atoms with E-state index in [1.165, 1.54) is 11.0 Å². The van der Waals surface area contributed by atoms with E-state index in [-0.39, 0.29) is 11.6 Å². The van der Waals surface area contributed by atoms with E-state index < -0.39 is 4.92 Å². The van der Waals surface area contributed by atoms with Crippen LogP contribution in [-0.4, -0.2) is 15.9 Å². The minimum absolute atomic E-state index is 0.00432. The van der Waals surface area contributed by atoms with Gasteiger partial charge in [0.25, 0.3) is 11.6 Å². The van der Waals surface area contributed by atoms with Crippen molar-refractivity contribution in [3.8, 4) is 0 Å². The fraction of sp³-hybridized carbons (Fsp3) is 0.0526. The van der Waals surface area contributed by atoms with Crippen LogP contribution in [-0.2, 0) is 4.79 Å². The lowest BCUT2D eigenvalue weighted by molar-refractivity contribution is -0.385. The van der Waals surface area contributed by atoms with Crippen molar-refractivity contribution in [2.24, 2.45) is 0 Å². The Morgan fingerprint density at radius 3 is 2.54 bits per heavy atom. The van der Waals surface area contributed by atoms with E-state index in [4.69, 9.17) is 12.2 Å². The van der Waals surface area contributed by atoms with Gasteiger partial charge in [0.2, 0.25) is 0 Å². The Morgan fingerprint density at radius 2 is 1.85 bits per heavy atom. The third-order valence-corrected chi connectivity index (χ3v) is 4.13. The summed E-state index contributed by atoms with van der Waals surface area (Å²) in [4.78, 5) is 24.6. The normalized spacial score (nSPS) is 15.7. The molecule has 0 saturated carbocycles. The summed E-state index contributed by atoms with van der Waals surface area (Å²) >= 11 is 5.25. The molecule has 3 rings (SSSR count). The number of nitrogens with one attached hydrogen (secondary N) is 1. The molecule has 0 spiro atoms. The SMILES string of the molecule is Cc1ccc(N2C(=O)/C(=C\C=C\c3ccccc3[N+](=O)[O-])NC2=S)cc1. The molecule has 1 heterocycles. The molecule has 26 heavy (non-hydrogen) atoms. The first-order valence-electron chi connectivity index (χ1n) is 7.81. The van der Waals surface area contributed by atoms with Crippen LogP contribution in [0.5, 0.6) is 0 Å². The fourth-order valence-electron chi connectivity index (χ4n) is 2.52. The summed E-state index contributed by atoms with van der Waals surface area (Å²) in [6.07, 6.45) is 4.72. The number of rotatable bonds is 4. The number of benzene rings is 2. The largest absolute Gasteiger partial charge is 0.327 e. The number of amides is 1. The first-order valence-corrected chi connectivity index (χ1v) is 8.22. The second kappa shape index (κ2) is 7.28. The summed E-state index contributed by atoms with van der Waals surface area (Å²) < 4.78 is 0. The number of carbonyl (C=O) groups is 1. The summed E-state index contributed by atoms with van der Waals surface area (Å²) in [7, 11) is 0. The molecule has 1 amide bonds. The maximum Gasteiger partial charge on any atom is 0.281 e. The highest BCUT2D eigenvalue weighted by Crippen LogP contribution is 2.22. The van der Waals surface area contributed by atoms with E-state index in [0.717, 1.165) is 5.56 Å². The molecule has 6 nitrogen and oxygen atoms in total. The molecule has 130 valence electrons. The molecular formula is C19H15N3O3S. The van der Waals surface area contributed by atoms with Crippen molar-refractivity contribution in [1.29, 1.82) is 0 Å². The Hall–Kier alpha value is -3.32. The number of allylic oxidation sites excluding steroid dienone is 2. The maximum atomic E-state index is 12.6. The first-order chi connectivity index (χ1) is 12.5. The molecule has 0 radical (unpaired) electrons. The van der Waals surface area contributed by atoms with Crippen molar-refractivity contribution in [3.63, 3.8) is 0 Å². The highest BCUT2D eigenvalue weighted by Gasteiger charge is 2.31. The molecule has 1 aliphatic heterocycles. The van der Waals surface area contributed by atoms with Gasteiger partial charge in [-0.15, -0.1) is 0 Å². The Balaban J connectivity index is 1.82. The Kier molecular flexibility index (Phi) is 4.90. The third kappa shape index (κ3) is 3.52. The van der Waals surface area contributed by atoms with Gasteiger partial charge in [0.05, 0.1) is 16.2 Å². The quantitative estimate of drug-likeness (QED) is 0.387.